The molecule has 3 atom stereocenters. The van der Waals surface area contributed by atoms with Crippen molar-refractivity contribution in [3.8, 4) is 5.75 Å². The standard InChI is InChI=1S/C16H18Br4O/c1-15(2)12-6-9-5-10(18)7-11(19)14(9)21-16(12,8-17)4-3-13(15)20/h5,7,12-13H,3-4,6,8H2,1-2H3/t12?,13-,16?/m0/s1. The van der Waals surface area contributed by atoms with E-state index < -0.39 is 0 Å². The summed E-state index contributed by atoms with van der Waals surface area (Å²) in [6.07, 6.45) is 3.30. The Bertz CT molecular complexity index is 572. The lowest BCUT2D eigenvalue weighted by molar-refractivity contribution is -0.0734. The van der Waals surface area contributed by atoms with Gasteiger partial charge in [-0.2, -0.15) is 0 Å². The van der Waals surface area contributed by atoms with Gasteiger partial charge in [0.1, 0.15) is 11.4 Å². The van der Waals surface area contributed by atoms with Crippen molar-refractivity contribution in [1.29, 1.82) is 0 Å². The van der Waals surface area contributed by atoms with Gasteiger partial charge in [0, 0.05) is 20.5 Å². The van der Waals surface area contributed by atoms with E-state index in [9.17, 15) is 0 Å². The second kappa shape index (κ2) is 5.78. The monoisotopic (exact) mass is 542 g/mol. The summed E-state index contributed by atoms with van der Waals surface area (Å²) >= 11 is 14.9. The minimum Gasteiger partial charge on any atom is -0.485 e. The zero-order chi connectivity index (χ0) is 15.4. The lowest BCUT2D eigenvalue weighted by atomic mass is 9.59. The van der Waals surface area contributed by atoms with Crippen LogP contribution in [0.4, 0.5) is 0 Å². The molecule has 0 N–H and O–H groups in total. The maximum Gasteiger partial charge on any atom is 0.137 e. The van der Waals surface area contributed by atoms with Crippen molar-refractivity contribution in [1.82, 2.24) is 0 Å². The van der Waals surface area contributed by atoms with E-state index >= 15 is 0 Å². The molecule has 21 heavy (non-hydrogen) atoms. The lowest BCUT2D eigenvalue weighted by Crippen LogP contribution is -2.60. The third kappa shape index (κ3) is 2.68. The van der Waals surface area contributed by atoms with E-state index in [1.807, 2.05) is 0 Å². The quantitative estimate of drug-likeness (QED) is 0.367. The fraction of sp³-hybridized carbons (Fsp3) is 0.625. The topological polar surface area (TPSA) is 9.23 Å². The minimum absolute atomic E-state index is 0.100. The van der Waals surface area contributed by atoms with Gasteiger partial charge in [-0.1, -0.05) is 61.6 Å². The van der Waals surface area contributed by atoms with Crippen LogP contribution in [0.3, 0.4) is 0 Å². The van der Waals surface area contributed by atoms with Crippen LogP contribution in [0.1, 0.15) is 32.3 Å². The third-order valence-corrected chi connectivity index (χ3v) is 8.84. The predicted octanol–water partition coefficient (Wildman–Crippen LogP) is 6.48. The van der Waals surface area contributed by atoms with Crippen molar-refractivity contribution < 1.29 is 4.74 Å². The molecule has 0 aromatic heterocycles. The van der Waals surface area contributed by atoms with Gasteiger partial charge in [-0.25, -0.2) is 0 Å². The van der Waals surface area contributed by atoms with Gasteiger partial charge in [-0.05, 0) is 58.3 Å². The highest BCUT2D eigenvalue weighted by molar-refractivity contribution is 9.11. The normalized spacial score (nSPS) is 33.8. The summed E-state index contributed by atoms with van der Waals surface area (Å²) in [6, 6.07) is 4.27. The first kappa shape index (κ1) is 16.8. The molecule has 2 aliphatic rings. The van der Waals surface area contributed by atoms with Crippen LogP contribution in [-0.4, -0.2) is 15.8 Å². The number of hydrogen-bond donors (Lipinski definition) is 0. The molecule has 116 valence electrons. The van der Waals surface area contributed by atoms with E-state index in [0.29, 0.717) is 10.7 Å². The molecule has 1 aliphatic heterocycles. The molecule has 5 heteroatoms. The smallest absolute Gasteiger partial charge is 0.137 e. The molecule has 2 unspecified atom stereocenters. The van der Waals surface area contributed by atoms with Crippen LogP contribution in [0.5, 0.6) is 5.75 Å². The Morgan fingerprint density at radius 1 is 1.29 bits per heavy atom. The van der Waals surface area contributed by atoms with Crippen molar-refractivity contribution >= 4 is 63.7 Å². The van der Waals surface area contributed by atoms with Gasteiger partial charge in [0.15, 0.2) is 0 Å². The highest BCUT2D eigenvalue weighted by Crippen LogP contribution is 2.56. The Hall–Kier alpha value is 0.940. The molecule has 1 heterocycles. The molecule has 3 rings (SSSR count). The number of benzene rings is 1. The molecular formula is C16H18Br4O. The second-order valence-corrected chi connectivity index (χ2v) is 10.2. The van der Waals surface area contributed by atoms with E-state index in [0.717, 1.165) is 39.3 Å². The van der Waals surface area contributed by atoms with Gasteiger partial charge >= 0.3 is 0 Å². The molecule has 0 saturated heterocycles. The molecule has 1 aromatic rings. The number of halogens is 4. The Kier molecular flexibility index (Phi) is 4.62. The van der Waals surface area contributed by atoms with Crippen molar-refractivity contribution in [2.75, 3.05) is 5.33 Å². The average Bonchev–Trinajstić information content (AvgIpc) is 2.43. The molecule has 0 amide bonds. The van der Waals surface area contributed by atoms with Crippen LogP contribution in [0, 0.1) is 11.3 Å². The lowest BCUT2D eigenvalue weighted by Gasteiger charge is -2.56. The van der Waals surface area contributed by atoms with Crippen LogP contribution >= 0.6 is 63.7 Å². The summed E-state index contributed by atoms with van der Waals surface area (Å²) in [5, 5.41) is 0.885. The van der Waals surface area contributed by atoms with Crippen LogP contribution in [0.15, 0.2) is 21.1 Å². The molecule has 0 bridgehead atoms. The maximum atomic E-state index is 6.61. The van der Waals surface area contributed by atoms with E-state index in [-0.39, 0.29) is 11.0 Å². The Labute approximate surface area is 160 Å². The number of alkyl halides is 2. The van der Waals surface area contributed by atoms with Crippen LogP contribution < -0.4 is 4.74 Å². The first-order valence-corrected chi connectivity index (χ1v) is 10.8. The molecule has 1 aromatic carbocycles. The highest BCUT2D eigenvalue weighted by Gasteiger charge is 2.56. The minimum atomic E-state index is -0.100. The van der Waals surface area contributed by atoms with Crippen LogP contribution in [-0.2, 0) is 6.42 Å². The van der Waals surface area contributed by atoms with Gasteiger partial charge in [0.25, 0.3) is 0 Å². The molecule has 0 spiro atoms. The largest absolute Gasteiger partial charge is 0.485 e. The van der Waals surface area contributed by atoms with Gasteiger partial charge < -0.3 is 4.74 Å². The van der Waals surface area contributed by atoms with Crippen LogP contribution in [0.2, 0.25) is 0 Å². The number of fused-ring (bicyclic) bond motifs is 2. The fourth-order valence-corrected chi connectivity index (χ4v) is 6.60. The maximum absolute atomic E-state index is 6.61. The Balaban J connectivity index is 2.11. The SMILES string of the molecule is CC1(C)C2Cc3cc(Br)cc(Br)c3OC2(CBr)CC[C@@H]1Br. The van der Waals surface area contributed by atoms with E-state index in [1.165, 1.54) is 5.56 Å². The van der Waals surface area contributed by atoms with Gasteiger partial charge in [0.05, 0.1) is 4.47 Å². The molecule has 1 aliphatic carbocycles. The molecule has 1 nitrogen and oxygen atoms in total. The van der Waals surface area contributed by atoms with E-state index in [4.69, 9.17) is 4.74 Å². The van der Waals surface area contributed by atoms with Crippen molar-refractivity contribution in [2.45, 2.75) is 43.5 Å². The summed E-state index contributed by atoms with van der Waals surface area (Å²) in [5.41, 5.74) is 1.41. The van der Waals surface area contributed by atoms with E-state index in [2.05, 4.69) is 89.7 Å². The summed E-state index contributed by atoms with van der Waals surface area (Å²) in [4.78, 5) is 0.544. The second-order valence-electron chi connectivity index (χ2n) is 6.76. The summed E-state index contributed by atoms with van der Waals surface area (Å²) in [6.45, 7) is 4.74. The number of hydrogen-bond acceptors (Lipinski definition) is 1. The Morgan fingerprint density at radius 2 is 2.00 bits per heavy atom. The Morgan fingerprint density at radius 3 is 2.67 bits per heavy atom. The van der Waals surface area contributed by atoms with Gasteiger partial charge in [0.2, 0.25) is 0 Å². The molecular weight excluding hydrogens is 528 g/mol. The first-order valence-electron chi connectivity index (χ1n) is 7.17. The van der Waals surface area contributed by atoms with Gasteiger partial charge in [-0.15, -0.1) is 0 Å². The van der Waals surface area contributed by atoms with Gasteiger partial charge in [-0.3, -0.25) is 0 Å². The zero-order valence-corrected chi connectivity index (χ0v) is 18.4. The fourth-order valence-electron chi connectivity index (χ4n) is 3.87. The zero-order valence-electron chi connectivity index (χ0n) is 12.1. The first-order chi connectivity index (χ1) is 9.80. The predicted molar refractivity (Wildman–Crippen MR) is 102 cm³/mol. The third-order valence-electron chi connectivity index (χ3n) is 5.20. The number of rotatable bonds is 1. The molecule has 0 radical (unpaired) electrons. The average molecular weight is 546 g/mol. The van der Waals surface area contributed by atoms with Crippen LogP contribution in [0.25, 0.3) is 0 Å². The summed E-state index contributed by atoms with van der Waals surface area (Å²) < 4.78 is 8.76. The molecule has 1 saturated carbocycles. The van der Waals surface area contributed by atoms with Crippen molar-refractivity contribution in [3.63, 3.8) is 0 Å². The van der Waals surface area contributed by atoms with Crippen molar-refractivity contribution in [3.05, 3.63) is 26.6 Å². The molecule has 1 fully saturated rings. The summed E-state index contributed by atoms with van der Waals surface area (Å²) in [7, 11) is 0. The summed E-state index contributed by atoms with van der Waals surface area (Å²) in [5.74, 6) is 1.52. The van der Waals surface area contributed by atoms with Crippen molar-refractivity contribution in [2.24, 2.45) is 11.3 Å². The number of ether oxygens (including phenoxy) is 1. The highest BCUT2D eigenvalue weighted by atomic mass is 79.9. The van der Waals surface area contributed by atoms with E-state index in [1.54, 1.807) is 0 Å².